The van der Waals surface area contributed by atoms with Gasteiger partial charge in [-0.05, 0) is 26.0 Å². The fourth-order valence-electron chi connectivity index (χ4n) is 2.53. The van der Waals surface area contributed by atoms with Gasteiger partial charge in [0.25, 0.3) is 5.91 Å². The molecule has 1 N–H and O–H groups in total. The molecule has 0 unspecified atom stereocenters. The molecule has 7 heteroatoms. The highest BCUT2D eigenvalue weighted by molar-refractivity contribution is 6.01. The molecule has 0 spiro atoms. The molecular formula is C16H24N4O3. The molecule has 126 valence electrons. The molecule has 2 heterocycles. The Kier molecular flexibility index (Phi) is 5.54. The quantitative estimate of drug-likeness (QED) is 0.772. The molecule has 0 aliphatic carbocycles. The Bertz CT molecular complexity index is 588. The third kappa shape index (κ3) is 4.41. The summed E-state index contributed by atoms with van der Waals surface area (Å²) in [6.07, 6.45) is 3.62. The molecule has 1 aliphatic heterocycles. The lowest BCUT2D eigenvalue weighted by molar-refractivity contribution is -0.129. The van der Waals surface area contributed by atoms with Gasteiger partial charge in [0.2, 0.25) is 5.91 Å². The van der Waals surface area contributed by atoms with Crippen molar-refractivity contribution in [1.82, 2.24) is 19.7 Å². The molecule has 0 radical (unpaired) electrons. The van der Waals surface area contributed by atoms with Crippen LogP contribution in [0.4, 0.5) is 0 Å². The molecule has 2 rings (SSSR count). The maximum atomic E-state index is 12.3. The standard InChI is InChI=1S/C16H24N4O3/c1-18(2)15(22)11-19(3)10-14(21)12-8-13(17-9-12)16(23)20-6-4-5-7-20/h8-9,17H,4-7,10-11H2,1-3H3. The number of likely N-dealkylation sites (tertiary alicyclic amines) is 1. The number of Topliss-reactive ketones (excluding diaryl/α,β-unsaturated/α-hetero) is 1. The molecule has 0 atom stereocenters. The number of H-pyrrole nitrogens is 1. The summed E-state index contributed by atoms with van der Waals surface area (Å²) in [5, 5.41) is 0. The second-order valence-electron chi connectivity index (χ2n) is 6.18. The number of amides is 2. The van der Waals surface area contributed by atoms with E-state index >= 15 is 0 Å². The first-order chi connectivity index (χ1) is 10.9. The topological polar surface area (TPSA) is 76.7 Å². The van der Waals surface area contributed by atoms with E-state index in [1.165, 1.54) is 4.90 Å². The molecule has 1 aliphatic rings. The SMILES string of the molecule is CN(CC(=O)c1c[nH]c(C(=O)N2CCCC2)c1)CC(=O)N(C)C. The number of ketones is 1. The highest BCUT2D eigenvalue weighted by Gasteiger charge is 2.22. The van der Waals surface area contributed by atoms with Gasteiger partial charge in [0, 0.05) is 38.9 Å². The summed E-state index contributed by atoms with van der Waals surface area (Å²) in [5.41, 5.74) is 0.916. The predicted octanol–water partition coefficient (Wildman–Crippen LogP) is 0.453. The summed E-state index contributed by atoms with van der Waals surface area (Å²) in [6, 6.07) is 1.60. The summed E-state index contributed by atoms with van der Waals surface area (Å²) in [5.74, 6) is -0.229. The van der Waals surface area contributed by atoms with Gasteiger partial charge in [0.05, 0.1) is 13.1 Å². The first kappa shape index (κ1) is 17.2. The van der Waals surface area contributed by atoms with Crippen LogP contribution in [0.3, 0.4) is 0 Å². The van der Waals surface area contributed by atoms with E-state index in [4.69, 9.17) is 0 Å². The molecule has 0 saturated carbocycles. The van der Waals surface area contributed by atoms with Crippen molar-refractivity contribution in [2.45, 2.75) is 12.8 Å². The number of hydrogen-bond donors (Lipinski definition) is 1. The Hall–Kier alpha value is -2.15. The Morgan fingerprint density at radius 1 is 1.13 bits per heavy atom. The molecule has 2 amide bonds. The Morgan fingerprint density at radius 3 is 2.39 bits per heavy atom. The lowest BCUT2D eigenvalue weighted by Crippen LogP contribution is -2.36. The van der Waals surface area contributed by atoms with Crippen molar-refractivity contribution in [3.05, 3.63) is 23.5 Å². The van der Waals surface area contributed by atoms with Crippen molar-refractivity contribution in [3.63, 3.8) is 0 Å². The lowest BCUT2D eigenvalue weighted by Gasteiger charge is -2.17. The zero-order valence-corrected chi connectivity index (χ0v) is 14.0. The van der Waals surface area contributed by atoms with E-state index in [1.807, 2.05) is 0 Å². The van der Waals surface area contributed by atoms with Gasteiger partial charge < -0.3 is 14.8 Å². The normalized spacial score (nSPS) is 14.3. The van der Waals surface area contributed by atoms with Crippen LogP contribution in [0.1, 0.15) is 33.7 Å². The Morgan fingerprint density at radius 2 is 1.78 bits per heavy atom. The number of aromatic amines is 1. The minimum atomic E-state index is -0.115. The van der Waals surface area contributed by atoms with Gasteiger partial charge in [-0.3, -0.25) is 19.3 Å². The maximum Gasteiger partial charge on any atom is 0.270 e. The number of hydrogen-bond acceptors (Lipinski definition) is 4. The van der Waals surface area contributed by atoms with Gasteiger partial charge >= 0.3 is 0 Å². The smallest absolute Gasteiger partial charge is 0.270 e. The average molecular weight is 320 g/mol. The lowest BCUT2D eigenvalue weighted by atomic mass is 10.2. The summed E-state index contributed by atoms with van der Waals surface area (Å²) >= 11 is 0. The molecule has 7 nitrogen and oxygen atoms in total. The maximum absolute atomic E-state index is 12.3. The number of carbonyl (C=O) groups is 3. The fraction of sp³-hybridized carbons (Fsp3) is 0.562. The van der Waals surface area contributed by atoms with Crippen molar-refractivity contribution in [2.75, 3.05) is 47.3 Å². The monoisotopic (exact) mass is 320 g/mol. The predicted molar refractivity (Wildman–Crippen MR) is 86.5 cm³/mol. The number of aromatic nitrogens is 1. The van der Waals surface area contributed by atoms with Crippen LogP contribution in [0.15, 0.2) is 12.3 Å². The van der Waals surface area contributed by atoms with Crippen molar-refractivity contribution < 1.29 is 14.4 Å². The zero-order valence-electron chi connectivity index (χ0n) is 14.0. The van der Waals surface area contributed by atoms with Gasteiger partial charge in [-0.1, -0.05) is 0 Å². The summed E-state index contributed by atoms with van der Waals surface area (Å²) in [6.45, 7) is 1.87. The van der Waals surface area contributed by atoms with Crippen LogP contribution in [0, 0.1) is 0 Å². The minimum absolute atomic E-state index is 0.0562. The second kappa shape index (κ2) is 7.41. The molecule has 23 heavy (non-hydrogen) atoms. The first-order valence-electron chi connectivity index (χ1n) is 7.78. The number of likely N-dealkylation sites (N-methyl/N-ethyl adjacent to an activating group) is 2. The number of carbonyl (C=O) groups excluding carboxylic acids is 3. The number of nitrogens with zero attached hydrogens (tertiary/aromatic N) is 3. The average Bonchev–Trinajstić information content (AvgIpc) is 3.17. The van der Waals surface area contributed by atoms with E-state index in [0.29, 0.717) is 11.3 Å². The molecule has 0 aromatic carbocycles. The van der Waals surface area contributed by atoms with Crippen LogP contribution in [0.2, 0.25) is 0 Å². The highest BCUT2D eigenvalue weighted by Crippen LogP contribution is 2.13. The van der Waals surface area contributed by atoms with Crippen molar-refractivity contribution in [2.24, 2.45) is 0 Å². The molecule has 0 bridgehead atoms. The van der Waals surface area contributed by atoms with E-state index < -0.39 is 0 Å². The number of nitrogens with one attached hydrogen (secondary N) is 1. The third-order valence-electron chi connectivity index (χ3n) is 3.95. The van der Waals surface area contributed by atoms with E-state index in [1.54, 1.807) is 43.2 Å². The third-order valence-corrected chi connectivity index (χ3v) is 3.95. The number of rotatable bonds is 6. The van der Waals surface area contributed by atoms with Crippen molar-refractivity contribution in [1.29, 1.82) is 0 Å². The van der Waals surface area contributed by atoms with Crippen LogP contribution in [0.25, 0.3) is 0 Å². The van der Waals surface area contributed by atoms with Crippen molar-refractivity contribution in [3.8, 4) is 0 Å². The first-order valence-corrected chi connectivity index (χ1v) is 7.78. The van der Waals surface area contributed by atoms with Crippen LogP contribution in [-0.4, -0.2) is 84.6 Å². The van der Waals surface area contributed by atoms with Crippen LogP contribution in [-0.2, 0) is 4.79 Å². The van der Waals surface area contributed by atoms with E-state index in [9.17, 15) is 14.4 Å². The van der Waals surface area contributed by atoms with Gasteiger partial charge in [-0.15, -0.1) is 0 Å². The Balaban J connectivity index is 1.93. The summed E-state index contributed by atoms with van der Waals surface area (Å²) in [4.78, 5) is 44.0. The highest BCUT2D eigenvalue weighted by atomic mass is 16.2. The fourth-order valence-corrected chi connectivity index (χ4v) is 2.53. The molecule has 1 saturated heterocycles. The van der Waals surface area contributed by atoms with E-state index in [2.05, 4.69) is 4.98 Å². The van der Waals surface area contributed by atoms with Gasteiger partial charge in [0.15, 0.2) is 5.78 Å². The van der Waals surface area contributed by atoms with Gasteiger partial charge in [-0.2, -0.15) is 0 Å². The summed E-state index contributed by atoms with van der Waals surface area (Å²) in [7, 11) is 5.09. The van der Waals surface area contributed by atoms with Crippen LogP contribution < -0.4 is 0 Å². The van der Waals surface area contributed by atoms with Crippen LogP contribution >= 0.6 is 0 Å². The minimum Gasteiger partial charge on any atom is -0.356 e. The van der Waals surface area contributed by atoms with Crippen LogP contribution in [0.5, 0.6) is 0 Å². The molecular weight excluding hydrogens is 296 g/mol. The zero-order chi connectivity index (χ0) is 17.0. The van der Waals surface area contributed by atoms with Gasteiger partial charge in [-0.25, -0.2) is 0 Å². The van der Waals surface area contributed by atoms with Gasteiger partial charge in [0.1, 0.15) is 5.69 Å². The molecule has 1 aromatic heterocycles. The molecule has 1 fully saturated rings. The largest absolute Gasteiger partial charge is 0.356 e. The second-order valence-corrected chi connectivity index (χ2v) is 6.18. The van der Waals surface area contributed by atoms with E-state index in [-0.39, 0.29) is 30.7 Å². The summed E-state index contributed by atoms with van der Waals surface area (Å²) < 4.78 is 0. The molecule has 1 aromatic rings. The van der Waals surface area contributed by atoms with Crippen molar-refractivity contribution >= 4 is 17.6 Å². The van der Waals surface area contributed by atoms with E-state index in [0.717, 1.165) is 25.9 Å². The Labute approximate surface area is 136 Å².